The normalized spacial score (nSPS) is 23.6. The van der Waals surface area contributed by atoms with Gasteiger partial charge in [-0.25, -0.2) is 13.1 Å². The van der Waals surface area contributed by atoms with Crippen LogP contribution in [-0.4, -0.2) is 14.5 Å². The molecular formula is C11H15ClN2O2S. The van der Waals surface area contributed by atoms with Crippen molar-refractivity contribution in [3.8, 4) is 0 Å². The van der Waals surface area contributed by atoms with Crippen molar-refractivity contribution in [3.05, 3.63) is 23.2 Å². The van der Waals surface area contributed by atoms with Gasteiger partial charge in [0.1, 0.15) is 4.90 Å². The minimum absolute atomic E-state index is 0.0107. The Balaban J connectivity index is 2.26. The van der Waals surface area contributed by atoms with Crippen molar-refractivity contribution in [2.24, 2.45) is 5.92 Å². The van der Waals surface area contributed by atoms with E-state index in [-0.39, 0.29) is 21.6 Å². The fourth-order valence-electron chi connectivity index (χ4n) is 1.91. The Morgan fingerprint density at radius 1 is 1.53 bits per heavy atom. The molecule has 0 radical (unpaired) electrons. The van der Waals surface area contributed by atoms with Gasteiger partial charge in [0.05, 0.1) is 10.7 Å². The summed E-state index contributed by atoms with van der Waals surface area (Å²) in [6.45, 7) is 2.04. The zero-order valence-corrected chi connectivity index (χ0v) is 11.1. The third-order valence-corrected chi connectivity index (χ3v) is 5.05. The van der Waals surface area contributed by atoms with E-state index in [2.05, 4.69) is 4.72 Å². The van der Waals surface area contributed by atoms with E-state index in [4.69, 9.17) is 17.3 Å². The van der Waals surface area contributed by atoms with Crippen LogP contribution < -0.4 is 10.5 Å². The summed E-state index contributed by atoms with van der Waals surface area (Å²) < 4.78 is 26.9. The van der Waals surface area contributed by atoms with E-state index in [1.54, 1.807) is 6.07 Å². The molecule has 2 unspecified atom stereocenters. The average molecular weight is 275 g/mol. The van der Waals surface area contributed by atoms with Crippen molar-refractivity contribution in [1.82, 2.24) is 4.72 Å². The van der Waals surface area contributed by atoms with Gasteiger partial charge in [-0.05, 0) is 24.5 Å². The van der Waals surface area contributed by atoms with Gasteiger partial charge in [0.2, 0.25) is 10.0 Å². The molecule has 1 saturated carbocycles. The highest BCUT2D eigenvalue weighted by Crippen LogP contribution is 2.36. The van der Waals surface area contributed by atoms with Crippen LogP contribution in [0.3, 0.4) is 0 Å². The molecule has 2 atom stereocenters. The number of nitrogens with one attached hydrogen (secondary N) is 1. The highest BCUT2D eigenvalue weighted by atomic mass is 35.5. The van der Waals surface area contributed by atoms with Gasteiger partial charge >= 0.3 is 0 Å². The van der Waals surface area contributed by atoms with Crippen LogP contribution >= 0.6 is 11.6 Å². The summed E-state index contributed by atoms with van der Waals surface area (Å²) in [5, 5.41) is 0.159. The molecule has 1 aromatic rings. The van der Waals surface area contributed by atoms with Crippen molar-refractivity contribution in [1.29, 1.82) is 0 Å². The van der Waals surface area contributed by atoms with Crippen LogP contribution in [0.4, 0.5) is 5.69 Å². The molecule has 1 aliphatic carbocycles. The Hall–Kier alpha value is -0.780. The molecule has 0 heterocycles. The topological polar surface area (TPSA) is 72.2 Å². The molecule has 6 heteroatoms. The van der Waals surface area contributed by atoms with Gasteiger partial charge in [0.15, 0.2) is 0 Å². The van der Waals surface area contributed by atoms with Crippen LogP contribution in [0.15, 0.2) is 23.1 Å². The van der Waals surface area contributed by atoms with Crippen LogP contribution in [0.2, 0.25) is 5.02 Å². The lowest BCUT2D eigenvalue weighted by molar-refractivity contribution is 0.576. The van der Waals surface area contributed by atoms with E-state index in [1.807, 2.05) is 6.92 Å². The molecule has 0 saturated heterocycles. The van der Waals surface area contributed by atoms with Crippen LogP contribution in [0.5, 0.6) is 0 Å². The third-order valence-electron chi connectivity index (χ3n) is 3.02. The summed E-state index contributed by atoms with van der Waals surface area (Å²) in [7, 11) is -3.61. The second-order valence-electron chi connectivity index (χ2n) is 4.29. The molecule has 94 valence electrons. The van der Waals surface area contributed by atoms with E-state index in [0.717, 1.165) is 12.8 Å². The number of hydrogen-bond acceptors (Lipinski definition) is 3. The molecule has 0 amide bonds. The number of anilines is 1. The number of sulfonamides is 1. The zero-order chi connectivity index (χ0) is 12.6. The minimum Gasteiger partial charge on any atom is -0.398 e. The van der Waals surface area contributed by atoms with Crippen molar-refractivity contribution >= 4 is 27.3 Å². The summed E-state index contributed by atoms with van der Waals surface area (Å²) >= 11 is 5.89. The Morgan fingerprint density at radius 2 is 2.24 bits per heavy atom. The molecular weight excluding hydrogens is 260 g/mol. The average Bonchev–Trinajstić information content (AvgIpc) is 2.94. The van der Waals surface area contributed by atoms with Crippen molar-refractivity contribution in [3.63, 3.8) is 0 Å². The van der Waals surface area contributed by atoms with Crippen molar-refractivity contribution in [2.45, 2.75) is 30.7 Å². The van der Waals surface area contributed by atoms with Gasteiger partial charge in [-0.3, -0.25) is 0 Å². The summed E-state index contributed by atoms with van der Waals surface area (Å²) in [5.74, 6) is 0.438. The fourth-order valence-corrected chi connectivity index (χ4v) is 3.91. The summed E-state index contributed by atoms with van der Waals surface area (Å²) in [5.41, 5.74) is 5.85. The van der Waals surface area contributed by atoms with Gasteiger partial charge in [-0.15, -0.1) is 0 Å². The summed E-state index contributed by atoms with van der Waals surface area (Å²) in [6, 6.07) is 4.71. The van der Waals surface area contributed by atoms with E-state index in [0.29, 0.717) is 5.92 Å². The molecule has 17 heavy (non-hydrogen) atoms. The smallest absolute Gasteiger partial charge is 0.244 e. The Bertz CT molecular complexity index is 510. The number of nitrogens with two attached hydrogens (primary N) is 1. The molecule has 4 nitrogen and oxygen atoms in total. The first-order chi connectivity index (χ1) is 7.95. The highest BCUT2D eigenvalue weighted by molar-refractivity contribution is 7.89. The van der Waals surface area contributed by atoms with Gasteiger partial charge in [0, 0.05) is 6.04 Å². The second-order valence-corrected chi connectivity index (χ2v) is 6.35. The first-order valence-corrected chi connectivity index (χ1v) is 7.38. The first-order valence-electron chi connectivity index (χ1n) is 5.52. The molecule has 2 rings (SSSR count). The van der Waals surface area contributed by atoms with Crippen LogP contribution in [0.1, 0.15) is 19.8 Å². The van der Waals surface area contributed by atoms with Gasteiger partial charge in [-0.1, -0.05) is 31.0 Å². The van der Waals surface area contributed by atoms with E-state index in [1.165, 1.54) is 12.1 Å². The number of benzene rings is 1. The molecule has 0 spiro atoms. The third kappa shape index (κ3) is 2.56. The van der Waals surface area contributed by atoms with Gasteiger partial charge in [-0.2, -0.15) is 0 Å². The van der Waals surface area contributed by atoms with Crippen LogP contribution in [0, 0.1) is 5.92 Å². The van der Waals surface area contributed by atoms with Gasteiger partial charge < -0.3 is 5.73 Å². The van der Waals surface area contributed by atoms with Gasteiger partial charge in [0.25, 0.3) is 0 Å². The number of nitrogen functional groups attached to an aromatic ring is 1. The quantitative estimate of drug-likeness (QED) is 0.825. The maximum Gasteiger partial charge on any atom is 0.244 e. The largest absolute Gasteiger partial charge is 0.398 e. The maximum atomic E-state index is 12.1. The monoisotopic (exact) mass is 274 g/mol. The van der Waals surface area contributed by atoms with Crippen LogP contribution in [0.25, 0.3) is 0 Å². The van der Waals surface area contributed by atoms with E-state index < -0.39 is 10.0 Å². The SMILES string of the molecule is CCC1CC1NS(=O)(=O)c1c(N)cccc1Cl. The second kappa shape index (κ2) is 4.48. The molecule has 1 fully saturated rings. The fraction of sp³-hybridized carbons (Fsp3) is 0.455. The number of rotatable bonds is 4. The predicted molar refractivity (Wildman–Crippen MR) is 68.4 cm³/mol. The summed E-state index contributed by atoms with van der Waals surface area (Å²) in [6.07, 6.45) is 1.87. The molecule has 1 aliphatic rings. The summed E-state index contributed by atoms with van der Waals surface area (Å²) in [4.78, 5) is -0.0107. The lowest BCUT2D eigenvalue weighted by Gasteiger charge is -2.10. The Labute approximate surface area is 106 Å². The Morgan fingerprint density at radius 3 is 2.76 bits per heavy atom. The highest BCUT2D eigenvalue weighted by Gasteiger charge is 2.39. The zero-order valence-electron chi connectivity index (χ0n) is 9.48. The molecule has 0 bridgehead atoms. The maximum absolute atomic E-state index is 12.1. The molecule has 3 N–H and O–H groups in total. The van der Waals surface area contributed by atoms with E-state index in [9.17, 15) is 8.42 Å². The molecule has 0 aliphatic heterocycles. The minimum atomic E-state index is -3.61. The molecule has 1 aromatic carbocycles. The first kappa shape index (κ1) is 12.7. The lowest BCUT2D eigenvalue weighted by Crippen LogP contribution is -2.28. The predicted octanol–water partition coefficient (Wildman–Crippen LogP) is 2.00. The number of hydrogen-bond donors (Lipinski definition) is 2. The van der Waals surface area contributed by atoms with Crippen molar-refractivity contribution in [2.75, 3.05) is 5.73 Å². The number of halogens is 1. The van der Waals surface area contributed by atoms with E-state index >= 15 is 0 Å². The van der Waals surface area contributed by atoms with Crippen molar-refractivity contribution < 1.29 is 8.42 Å². The lowest BCUT2D eigenvalue weighted by atomic mass is 10.3. The van der Waals surface area contributed by atoms with Crippen LogP contribution in [-0.2, 0) is 10.0 Å². The molecule has 0 aromatic heterocycles. The standard InChI is InChI=1S/C11H15ClN2O2S/c1-2-7-6-10(7)14-17(15,16)11-8(12)4-3-5-9(11)13/h3-5,7,10,14H,2,6,13H2,1H3. The Kier molecular flexibility index (Phi) is 3.34.